The number of carbonyl (C=O) groups is 2. The second-order valence-electron chi connectivity index (χ2n) is 6.46. The van der Waals surface area contributed by atoms with E-state index in [0.717, 1.165) is 12.8 Å². The van der Waals surface area contributed by atoms with Gasteiger partial charge in [0.2, 0.25) is 5.91 Å². The molecule has 0 bridgehead atoms. The van der Waals surface area contributed by atoms with E-state index in [1.807, 2.05) is 0 Å². The van der Waals surface area contributed by atoms with Gasteiger partial charge in [0.05, 0.1) is 0 Å². The molecule has 1 saturated carbocycles. The minimum Gasteiger partial charge on any atom is -0.461 e. The van der Waals surface area contributed by atoms with Crippen molar-refractivity contribution >= 4 is 11.9 Å². The Morgan fingerprint density at radius 2 is 2.05 bits per heavy atom. The van der Waals surface area contributed by atoms with E-state index < -0.39 is 6.04 Å². The molecule has 1 saturated heterocycles. The normalized spacial score (nSPS) is 35.3. The van der Waals surface area contributed by atoms with Crippen molar-refractivity contribution in [1.82, 2.24) is 5.32 Å². The van der Waals surface area contributed by atoms with Gasteiger partial charge in [-0.15, -0.1) is 0 Å². The number of ether oxygens (including phenoxy) is 1. The van der Waals surface area contributed by atoms with Gasteiger partial charge in [0.1, 0.15) is 12.1 Å². The molecule has 0 spiro atoms. The molecule has 1 heterocycles. The van der Waals surface area contributed by atoms with Gasteiger partial charge in [0.25, 0.3) is 0 Å². The van der Waals surface area contributed by atoms with Crippen molar-refractivity contribution < 1.29 is 14.3 Å². The number of esters is 1. The number of hydrogen-bond acceptors (Lipinski definition) is 3. The lowest BCUT2D eigenvalue weighted by Crippen LogP contribution is -2.41. The fraction of sp³-hybridized carbons (Fsp3) is 0.867. The van der Waals surface area contributed by atoms with E-state index in [1.54, 1.807) is 0 Å². The van der Waals surface area contributed by atoms with E-state index in [2.05, 4.69) is 26.1 Å². The molecule has 4 nitrogen and oxygen atoms in total. The average Bonchev–Trinajstić information content (AvgIpc) is 2.75. The van der Waals surface area contributed by atoms with E-state index in [0.29, 0.717) is 30.6 Å². The third-order valence-electron chi connectivity index (χ3n) is 4.51. The molecule has 4 atom stereocenters. The monoisotopic (exact) mass is 267 g/mol. The lowest BCUT2D eigenvalue weighted by atomic mass is 9.75. The standard InChI is InChI=1S/C15H25NO3/c1-9(2)11-5-4-10(3)8-13(11)19-15(18)12-6-7-14(17)16-12/h9-13H,4-8H2,1-3H3,(H,16,17)/t10?,11?,12-,13?/m0/s1. The Morgan fingerprint density at radius 1 is 1.32 bits per heavy atom. The van der Waals surface area contributed by atoms with E-state index in [1.165, 1.54) is 6.42 Å². The van der Waals surface area contributed by atoms with Crippen LogP contribution in [0.4, 0.5) is 0 Å². The number of amides is 1. The number of nitrogens with one attached hydrogen (secondary N) is 1. The predicted octanol–water partition coefficient (Wildman–Crippen LogP) is 2.27. The van der Waals surface area contributed by atoms with Crippen molar-refractivity contribution in [3.8, 4) is 0 Å². The van der Waals surface area contributed by atoms with Gasteiger partial charge in [0.15, 0.2) is 0 Å². The van der Waals surface area contributed by atoms with Crippen LogP contribution in [-0.2, 0) is 14.3 Å². The van der Waals surface area contributed by atoms with Crippen molar-refractivity contribution in [2.75, 3.05) is 0 Å². The topological polar surface area (TPSA) is 55.4 Å². The van der Waals surface area contributed by atoms with Gasteiger partial charge in [-0.1, -0.05) is 27.2 Å². The van der Waals surface area contributed by atoms with Crippen molar-refractivity contribution in [3.05, 3.63) is 0 Å². The van der Waals surface area contributed by atoms with Crippen molar-refractivity contribution in [3.63, 3.8) is 0 Å². The van der Waals surface area contributed by atoms with E-state index in [9.17, 15) is 9.59 Å². The van der Waals surface area contributed by atoms with Crippen LogP contribution in [0, 0.1) is 17.8 Å². The molecular weight excluding hydrogens is 242 g/mol. The molecule has 2 rings (SSSR count). The van der Waals surface area contributed by atoms with Gasteiger partial charge in [-0.25, -0.2) is 4.79 Å². The zero-order valence-electron chi connectivity index (χ0n) is 12.1. The van der Waals surface area contributed by atoms with E-state index >= 15 is 0 Å². The van der Waals surface area contributed by atoms with Gasteiger partial charge in [0, 0.05) is 6.42 Å². The van der Waals surface area contributed by atoms with Gasteiger partial charge in [-0.2, -0.15) is 0 Å². The molecule has 108 valence electrons. The van der Waals surface area contributed by atoms with Gasteiger partial charge < -0.3 is 10.1 Å². The Morgan fingerprint density at radius 3 is 2.63 bits per heavy atom. The summed E-state index contributed by atoms with van der Waals surface area (Å²) in [6.45, 7) is 6.60. The van der Waals surface area contributed by atoms with Crippen LogP contribution >= 0.6 is 0 Å². The minimum absolute atomic E-state index is 0.0220. The molecular formula is C15H25NO3. The first-order valence-electron chi connectivity index (χ1n) is 7.47. The third-order valence-corrected chi connectivity index (χ3v) is 4.51. The molecule has 1 aliphatic heterocycles. The summed E-state index contributed by atoms with van der Waals surface area (Å²) >= 11 is 0. The Labute approximate surface area is 115 Å². The summed E-state index contributed by atoms with van der Waals surface area (Å²) in [5.74, 6) is 1.32. The third kappa shape index (κ3) is 3.48. The van der Waals surface area contributed by atoms with Crippen LogP contribution in [0.15, 0.2) is 0 Å². The summed E-state index contributed by atoms with van der Waals surface area (Å²) in [7, 11) is 0. The summed E-state index contributed by atoms with van der Waals surface area (Å²) in [6.07, 6.45) is 4.34. The van der Waals surface area contributed by atoms with Crippen LogP contribution in [0.1, 0.15) is 52.9 Å². The summed E-state index contributed by atoms with van der Waals surface area (Å²) in [5, 5.41) is 2.69. The van der Waals surface area contributed by atoms with Gasteiger partial charge in [-0.05, 0) is 37.0 Å². The maximum Gasteiger partial charge on any atom is 0.328 e. The number of rotatable bonds is 3. The second kappa shape index (κ2) is 5.93. The zero-order valence-corrected chi connectivity index (χ0v) is 12.1. The molecule has 19 heavy (non-hydrogen) atoms. The molecule has 1 N–H and O–H groups in total. The molecule has 0 radical (unpaired) electrons. The van der Waals surface area contributed by atoms with Gasteiger partial charge in [-0.3, -0.25) is 4.79 Å². The highest BCUT2D eigenvalue weighted by Crippen LogP contribution is 2.35. The Kier molecular flexibility index (Phi) is 4.48. The highest BCUT2D eigenvalue weighted by atomic mass is 16.5. The molecule has 2 fully saturated rings. The smallest absolute Gasteiger partial charge is 0.328 e. The fourth-order valence-corrected chi connectivity index (χ4v) is 3.27. The quantitative estimate of drug-likeness (QED) is 0.798. The molecule has 3 unspecified atom stereocenters. The molecule has 0 aromatic heterocycles. The maximum absolute atomic E-state index is 12.1. The minimum atomic E-state index is -0.419. The first kappa shape index (κ1) is 14.4. The predicted molar refractivity (Wildman–Crippen MR) is 72.4 cm³/mol. The number of carbonyl (C=O) groups excluding carboxylic acids is 2. The molecule has 0 aromatic carbocycles. The molecule has 1 amide bonds. The molecule has 2 aliphatic rings. The van der Waals surface area contributed by atoms with Crippen LogP contribution in [-0.4, -0.2) is 24.0 Å². The maximum atomic E-state index is 12.1. The van der Waals surface area contributed by atoms with Crippen LogP contribution < -0.4 is 5.32 Å². The Balaban J connectivity index is 1.94. The van der Waals surface area contributed by atoms with Crippen molar-refractivity contribution in [1.29, 1.82) is 0 Å². The summed E-state index contributed by atoms with van der Waals surface area (Å²) in [5.41, 5.74) is 0. The molecule has 1 aliphatic carbocycles. The summed E-state index contributed by atoms with van der Waals surface area (Å²) < 4.78 is 5.71. The molecule has 0 aromatic rings. The Bertz CT molecular complexity index is 353. The highest BCUT2D eigenvalue weighted by molar-refractivity contribution is 5.88. The van der Waals surface area contributed by atoms with Crippen LogP contribution in [0.3, 0.4) is 0 Å². The SMILES string of the molecule is CC1CCC(C(C)C)C(OC(=O)[C@@H]2CCC(=O)N2)C1. The van der Waals surface area contributed by atoms with Crippen molar-refractivity contribution in [2.24, 2.45) is 17.8 Å². The average molecular weight is 267 g/mol. The fourth-order valence-electron chi connectivity index (χ4n) is 3.27. The first-order valence-corrected chi connectivity index (χ1v) is 7.47. The van der Waals surface area contributed by atoms with Crippen LogP contribution in [0.5, 0.6) is 0 Å². The van der Waals surface area contributed by atoms with Crippen LogP contribution in [0.2, 0.25) is 0 Å². The highest BCUT2D eigenvalue weighted by Gasteiger charge is 2.36. The molecule has 4 heteroatoms. The lowest BCUT2D eigenvalue weighted by Gasteiger charge is -2.37. The van der Waals surface area contributed by atoms with Gasteiger partial charge >= 0.3 is 5.97 Å². The Hall–Kier alpha value is -1.06. The second-order valence-corrected chi connectivity index (χ2v) is 6.46. The summed E-state index contributed by atoms with van der Waals surface area (Å²) in [4.78, 5) is 23.3. The first-order chi connectivity index (χ1) is 8.97. The van der Waals surface area contributed by atoms with Crippen LogP contribution in [0.25, 0.3) is 0 Å². The zero-order chi connectivity index (χ0) is 14.0. The lowest BCUT2D eigenvalue weighted by molar-refractivity contribution is -0.158. The summed E-state index contributed by atoms with van der Waals surface area (Å²) in [6, 6.07) is -0.419. The largest absolute Gasteiger partial charge is 0.461 e. The van der Waals surface area contributed by atoms with E-state index in [4.69, 9.17) is 4.74 Å². The van der Waals surface area contributed by atoms with E-state index in [-0.39, 0.29) is 18.0 Å². The number of hydrogen-bond donors (Lipinski definition) is 1. The van der Waals surface area contributed by atoms with Crippen molar-refractivity contribution in [2.45, 2.75) is 65.0 Å².